The molecule has 3 rings (SSSR count). The number of hydrogen-bond donors (Lipinski definition) is 1. The Morgan fingerprint density at radius 1 is 1.23 bits per heavy atom. The van der Waals surface area contributed by atoms with E-state index < -0.39 is 0 Å². The van der Waals surface area contributed by atoms with Gasteiger partial charge in [-0.1, -0.05) is 6.07 Å². The Hall–Kier alpha value is -1.92. The Kier molecular flexibility index (Phi) is 4.70. The van der Waals surface area contributed by atoms with Crippen molar-refractivity contribution in [2.75, 3.05) is 36.5 Å². The molecule has 1 aromatic heterocycles. The van der Waals surface area contributed by atoms with Crippen LogP contribution < -0.4 is 10.2 Å². The number of nitrogens with zero attached hydrogens (tertiary/aromatic N) is 2. The quantitative estimate of drug-likeness (QED) is 0.854. The highest BCUT2D eigenvalue weighted by molar-refractivity contribution is 9.10. The van der Waals surface area contributed by atoms with Gasteiger partial charge in [0.2, 0.25) is 0 Å². The minimum absolute atomic E-state index is 0.167. The van der Waals surface area contributed by atoms with Crippen molar-refractivity contribution in [3.8, 4) is 0 Å². The van der Waals surface area contributed by atoms with Gasteiger partial charge in [0.25, 0.3) is 5.91 Å². The minimum atomic E-state index is -0.167. The maximum Gasteiger partial charge on any atom is 0.257 e. The van der Waals surface area contributed by atoms with E-state index in [1.54, 1.807) is 18.3 Å². The summed E-state index contributed by atoms with van der Waals surface area (Å²) in [5, 5.41) is 2.90. The minimum Gasteiger partial charge on any atom is -0.378 e. The molecule has 0 unspecified atom stereocenters. The highest BCUT2D eigenvalue weighted by Gasteiger charge is 2.12. The monoisotopic (exact) mass is 361 g/mol. The summed E-state index contributed by atoms with van der Waals surface area (Å²) in [5.74, 6) is -0.167. The smallest absolute Gasteiger partial charge is 0.257 e. The van der Waals surface area contributed by atoms with Gasteiger partial charge in [-0.05, 0) is 46.3 Å². The van der Waals surface area contributed by atoms with Crippen molar-refractivity contribution in [3.05, 3.63) is 52.8 Å². The first-order valence-electron chi connectivity index (χ1n) is 7.08. The molecule has 0 spiro atoms. The second-order valence-electron chi connectivity index (χ2n) is 4.97. The molecule has 1 fully saturated rings. The maximum atomic E-state index is 12.2. The van der Waals surface area contributed by atoms with E-state index in [0.717, 1.165) is 37.7 Å². The number of morpholine rings is 1. The number of amides is 1. The highest BCUT2D eigenvalue weighted by Crippen LogP contribution is 2.21. The zero-order valence-corrected chi connectivity index (χ0v) is 13.5. The number of ether oxygens (including phenoxy) is 1. The van der Waals surface area contributed by atoms with Crippen LogP contribution in [0.25, 0.3) is 0 Å². The summed E-state index contributed by atoms with van der Waals surface area (Å²) in [6.07, 6.45) is 1.55. The number of aromatic nitrogens is 1. The second kappa shape index (κ2) is 6.89. The van der Waals surface area contributed by atoms with Gasteiger partial charge >= 0.3 is 0 Å². The predicted octanol–water partition coefficient (Wildman–Crippen LogP) is 2.93. The molecule has 2 aromatic rings. The zero-order valence-electron chi connectivity index (χ0n) is 12.0. The van der Waals surface area contributed by atoms with E-state index in [1.807, 2.05) is 24.3 Å². The van der Waals surface area contributed by atoms with Crippen molar-refractivity contribution in [3.63, 3.8) is 0 Å². The fourth-order valence-electron chi connectivity index (χ4n) is 2.32. The number of hydrogen-bond acceptors (Lipinski definition) is 4. The Morgan fingerprint density at radius 3 is 2.77 bits per heavy atom. The van der Waals surface area contributed by atoms with Gasteiger partial charge in [0, 0.05) is 30.7 Å². The van der Waals surface area contributed by atoms with Crippen LogP contribution in [-0.2, 0) is 4.74 Å². The van der Waals surface area contributed by atoms with E-state index in [0.29, 0.717) is 10.2 Å². The van der Waals surface area contributed by atoms with Gasteiger partial charge < -0.3 is 15.0 Å². The fourth-order valence-corrected chi connectivity index (χ4v) is 2.55. The molecular weight excluding hydrogens is 346 g/mol. The van der Waals surface area contributed by atoms with E-state index in [1.165, 1.54) is 0 Å². The van der Waals surface area contributed by atoms with Crippen LogP contribution in [-0.4, -0.2) is 37.2 Å². The number of rotatable bonds is 3. The van der Waals surface area contributed by atoms with Crippen LogP contribution in [0.1, 0.15) is 10.4 Å². The van der Waals surface area contributed by atoms with Crippen LogP contribution in [0.2, 0.25) is 0 Å². The first kappa shape index (κ1) is 15.0. The molecule has 1 aliphatic heterocycles. The average molecular weight is 362 g/mol. The Bertz CT molecular complexity index is 655. The number of nitrogens with one attached hydrogen (secondary N) is 1. The molecule has 22 heavy (non-hydrogen) atoms. The van der Waals surface area contributed by atoms with Gasteiger partial charge in [-0.25, -0.2) is 4.98 Å². The van der Waals surface area contributed by atoms with Crippen molar-refractivity contribution in [1.29, 1.82) is 0 Å². The van der Waals surface area contributed by atoms with Gasteiger partial charge in [0.15, 0.2) is 0 Å². The van der Waals surface area contributed by atoms with Crippen molar-refractivity contribution >= 4 is 33.2 Å². The third-order valence-electron chi connectivity index (χ3n) is 3.47. The number of benzene rings is 1. The Morgan fingerprint density at radius 2 is 2.05 bits per heavy atom. The van der Waals surface area contributed by atoms with Crippen LogP contribution in [0.4, 0.5) is 11.4 Å². The molecule has 1 aliphatic rings. The predicted molar refractivity (Wildman–Crippen MR) is 89.4 cm³/mol. The van der Waals surface area contributed by atoms with Crippen molar-refractivity contribution < 1.29 is 9.53 Å². The van der Waals surface area contributed by atoms with Gasteiger partial charge in [0.05, 0.1) is 18.8 Å². The largest absolute Gasteiger partial charge is 0.378 e. The molecule has 0 radical (unpaired) electrons. The summed E-state index contributed by atoms with van der Waals surface area (Å²) in [6, 6.07) is 11.3. The van der Waals surface area contributed by atoms with E-state index in [4.69, 9.17) is 4.74 Å². The lowest BCUT2D eigenvalue weighted by Gasteiger charge is -2.29. The fraction of sp³-hybridized carbons (Fsp3) is 0.250. The van der Waals surface area contributed by atoms with Crippen LogP contribution in [0.15, 0.2) is 47.2 Å². The van der Waals surface area contributed by atoms with E-state index >= 15 is 0 Å². The molecule has 2 heterocycles. The Balaban J connectivity index is 1.72. The van der Waals surface area contributed by atoms with Gasteiger partial charge in [-0.3, -0.25) is 4.79 Å². The number of anilines is 2. The lowest BCUT2D eigenvalue weighted by atomic mass is 10.2. The SMILES string of the molecule is O=C(Nc1cccc(N2CCOCC2)c1)c1ccc(Br)nc1. The first-order valence-corrected chi connectivity index (χ1v) is 7.87. The summed E-state index contributed by atoms with van der Waals surface area (Å²) < 4.78 is 6.07. The van der Waals surface area contributed by atoms with E-state index in [9.17, 15) is 4.79 Å². The third kappa shape index (κ3) is 3.64. The summed E-state index contributed by atoms with van der Waals surface area (Å²) in [4.78, 5) is 18.5. The average Bonchev–Trinajstić information content (AvgIpc) is 2.56. The van der Waals surface area contributed by atoms with Crippen LogP contribution >= 0.6 is 15.9 Å². The molecule has 0 aliphatic carbocycles. The van der Waals surface area contributed by atoms with Gasteiger partial charge in [0.1, 0.15) is 4.60 Å². The summed E-state index contributed by atoms with van der Waals surface area (Å²) in [5.41, 5.74) is 2.40. The van der Waals surface area contributed by atoms with Crippen LogP contribution in [0.3, 0.4) is 0 Å². The standard InChI is InChI=1S/C16H16BrN3O2/c17-15-5-4-12(11-18-15)16(21)19-13-2-1-3-14(10-13)20-6-8-22-9-7-20/h1-5,10-11H,6-9H2,(H,19,21). The van der Waals surface area contributed by atoms with Gasteiger partial charge in [-0.2, -0.15) is 0 Å². The number of halogens is 1. The molecule has 0 bridgehead atoms. The van der Waals surface area contributed by atoms with Crippen molar-refractivity contribution in [2.24, 2.45) is 0 Å². The van der Waals surface area contributed by atoms with E-state index in [-0.39, 0.29) is 5.91 Å². The molecule has 0 saturated carbocycles. The Labute approximate surface area is 137 Å². The lowest BCUT2D eigenvalue weighted by molar-refractivity contribution is 0.102. The maximum absolute atomic E-state index is 12.2. The molecule has 5 nitrogen and oxygen atoms in total. The lowest BCUT2D eigenvalue weighted by Crippen LogP contribution is -2.36. The summed E-state index contributed by atoms with van der Waals surface area (Å²) in [7, 11) is 0. The summed E-state index contributed by atoms with van der Waals surface area (Å²) in [6.45, 7) is 3.21. The normalized spacial score (nSPS) is 14.7. The van der Waals surface area contributed by atoms with Crippen molar-refractivity contribution in [1.82, 2.24) is 4.98 Å². The molecule has 114 valence electrons. The topological polar surface area (TPSA) is 54.5 Å². The van der Waals surface area contributed by atoms with Crippen molar-refractivity contribution in [2.45, 2.75) is 0 Å². The molecule has 1 amide bonds. The zero-order chi connectivity index (χ0) is 15.4. The number of carbonyl (C=O) groups is 1. The molecule has 0 atom stereocenters. The van der Waals surface area contributed by atoms with E-state index in [2.05, 4.69) is 31.1 Å². The molecule has 1 N–H and O–H groups in total. The molecule has 1 saturated heterocycles. The molecule has 1 aromatic carbocycles. The first-order chi connectivity index (χ1) is 10.7. The molecular formula is C16H16BrN3O2. The second-order valence-corrected chi connectivity index (χ2v) is 5.79. The van der Waals surface area contributed by atoms with Gasteiger partial charge in [-0.15, -0.1) is 0 Å². The highest BCUT2D eigenvalue weighted by atomic mass is 79.9. The third-order valence-corrected chi connectivity index (χ3v) is 3.94. The molecule has 6 heteroatoms. The number of carbonyl (C=O) groups excluding carboxylic acids is 1. The number of pyridine rings is 1. The van der Waals surface area contributed by atoms with Crippen LogP contribution in [0.5, 0.6) is 0 Å². The van der Waals surface area contributed by atoms with Crippen LogP contribution in [0, 0.1) is 0 Å². The summed E-state index contributed by atoms with van der Waals surface area (Å²) >= 11 is 3.26.